The van der Waals surface area contributed by atoms with E-state index in [0.29, 0.717) is 5.89 Å². The molecular weight excluding hydrogens is 829 g/mol. The first-order chi connectivity index (χ1) is 33.7. The number of anilines is 9. The van der Waals surface area contributed by atoms with Crippen LogP contribution in [0.25, 0.3) is 55.2 Å². The van der Waals surface area contributed by atoms with Crippen LogP contribution in [0.3, 0.4) is 0 Å². The van der Waals surface area contributed by atoms with Gasteiger partial charge in [-0.25, -0.2) is 4.98 Å². The van der Waals surface area contributed by atoms with Crippen molar-refractivity contribution in [1.29, 1.82) is 0 Å². The molecule has 0 amide bonds. The van der Waals surface area contributed by atoms with Gasteiger partial charge in [0.05, 0.1) is 5.69 Å². The summed E-state index contributed by atoms with van der Waals surface area (Å²) >= 11 is 0. The molecule has 0 unspecified atom stereocenters. The Morgan fingerprint density at radius 3 is 1.32 bits per heavy atom. The lowest BCUT2D eigenvalue weighted by Gasteiger charge is -2.32. The van der Waals surface area contributed by atoms with Crippen molar-refractivity contribution in [2.75, 3.05) is 14.7 Å². The standard InChI is InChI=1S/C63H44N4O/c1-6-20-45(21-7-1)57-34-16-17-35-60(57)67(54-32-18-30-52(42-54)65(49-24-10-3-11-25-49)50-26-12-4-13-27-50)55-33-19-31-53(43-55)66(51-28-14-5-15-29-51)56-40-38-46-36-37-47-39-41-59-62(61(47)58(46)44-56)68-63(64-59)48-22-8-2-9-23-48/h1-44H. The minimum Gasteiger partial charge on any atom is -0.435 e. The molecule has 12 rings (SSSR count). The van der Waals surface area contributed by atoms with Crippen molar-refractivity contribution in [2.24, 2.45) is 0 Å². The second-order valence-corrected chi connectivity index (χ2v) is 16.8. The summed E-state index contributed by atoms with van der Waals surface area (Å²) in [6.45, 7) is 0. The molecule has 0 atom stereocenters. The SMILES string of the molecule is c1ccc(-c2nc3ccc4ccc5ccc(N(c6ccccc6)c6cccc(N(c7cccc(N(c8ccccc8)c8ccccc8)c7)c7ccccc7-c7ccccc7)c6)cc5c4c3o2)cc1. The molecule has 0 aliphatic rings. The highest BCUT2D eigenvalue weighted by Crippen LogP contribution is 2.46. The minimum absolute atomic E-state index is 0.612. The van der Waals surface area contributed by atoms with E-state index >= 15 is 0 Å². The fourth-order valence-corrected chi connectivity index (χ4v) is 9.48. The van der Waals surface area contributed by atoms with E-state index in [2.05, 4.69) is 251 Å². The number of hydrogen-bond acceptors (Lipinski definition) is 5. The highest BCUT2D eigenvalue weighted by atomic mass is 16.3. The molecule has 0 saturated heterocycles. The topological polar surface area (TPSA) is 35.8 Å². The first kappa shape index (κ1) is 40.3. The number of fused-ring (bicyclic) bond motifs is 5. The molecule has 68 heavy (non-hydrogen) atoms. The van der Waals surface area contributed by atoms with Crippen LogP contribution in [0, 0.1) is 0 Å². The number of nitrogens with zero attached hydrogens (tertiary/aromatic N) is 4. The van der Waals surface area contributed by atoms with Gasteiger partial charge in [-0.1, -0.05) is 158 Å². The fourth-order valence-electron chi connectivity index (χ4n) is 9.48. The Bertz CT molecular complexity index is 3650. The zero-order valence-electron chi connectivity index (χ0n) is 37.1. The minimum atomic E-state index is 0.612. The van der Waals surface area contributed by atoms with Gasteiger partial charge >= 0.3 is 0 Å². The highest BCUT2D eigenvalue weighted by molar-refractivity contribution is 6.18. The van der Waals surface area contributed by atoms with E-state index in [9.17, 15) is 0 Å². The first-order valence-electron chi connectivity index (χ1n) is 23.0. The number of hydrogen-bond donors (Lipinski definition) is 0. The number of benzene rings is 11. The second-order valence-electron chi connectivity index (χ2n) is 16.8. The third-order valence-corrected chi connectivity index (χ3v) is 12.6. The molecule has 12 aromatic rings. The van der Waals surface area contributed by atoms with E-state index < -0.39 is 0 Å². The van der Waals surface area contributed by atoms with Crippen molar-refractivity contribution in [3.05, 3.63) is 267 Å². The lowest BCUT2D eigenvalue weighted by molar-refractivity contribution is 0.623. The van der Waals surface area contributed by atoms with Crippen molar-refractivity contribution in [3.63, 3.8) is 0 Å². The highest BCUT2D eigenvalue weighted by Gasteiger charge is 2.22. The second kappa shape index (κ2) is 17.7. The molecule has 5 heteroatoms. The molecule has 0 bridgehead atoms. The predicted molar refractivity (Wildman–Crippen MR) is 284 cm³/mol. The lowest BCUT2D eigenvalue weighted by atomic mass is 10.00. The van der Waals surface area contributed by atoms with Gasteiger partial charge in [0.25, 0.3) is 0 Å². The number of oxazole rings is 1. The van der Waals surface area contributed by atoms with Crippen molar-refractivity contribution in [2.45, 2.75) is 0 Å². The van der Waals surface area contributed by atoms with Gasteiger partial charge in [-0.3, -0.25) is 0 Å². The molecule has 0 fully saturated rings. The average Bonchev–Trinajstić information content (AvgIpc) is 3.86. The molecule has 0 radical (unpaired) electrons. The molecule has 11 aromatic carbocycles. The van der Waals surface area contributed by atoms with Gasteiger partial charge < -0.3 is 19.1 Å². The van der Waals surface area contributed by atoms with E-state index in [4.69, 9.17) is 9.40 Å². The van der Waals surface area contributed by atoms with Gasteiger partial charge in [0.2, 0.25) is 5.89 Å². The molecule has 322 valence electrons. The third kappa shape index (κ3) is 7.58. The first-order valence-corrected chi connectivity index (χ1v) is 23.0. The smallest absolute Gasteiger partial charge is 0.227 e. The Labute approximate surface area is 395 Å². The molecule has 0 aliphatic carbocycles. The van der Waals surface area contributed by atoms with Crippen LogP contribution in [0.1, 0.15) is 0 Å². The van der Waals surface area contributed by atoms with E-state index in [-0.39, 0.29) is 0 Å². The van der Waals surface area contributed by atoms with Gasteiger partial charge in [-0.2, -0.15) is 0 Å². The summed E-state index contributed by atoms with van der Waals surface area (Å²) < 4.78 is 6.65. The predicted octanol–water partition coefficient (Wildman–Crippen LogP) is 17.9. The summed E-state index contributed by atoms with van der Waals surface area (Å²) in [4.78, 5) is 12.0. The summed E-state index contributed by atoms with van der Waals surface area (Å²) in [7, 11) is 0. The molecule has 0 aliphatic heterocycles. The Morgan fingerprint density at radius 2 is 0.735 bits per heavy atom. The lowest BCUT2D eigenvalue weighted by Crippen LogP contribution is -2.15. The molecule has 0 N–H and O–H groups in total. The van der Waals surface area contributed by atoms with Crippen molar-refractivity contribution >= 4 is 83.8 Å². The Kier molecular flexibility index (Phi) is 10.5. The molecule has 5 nitrogen and oxygen atoms in total. The average molecular weight is 873 g/mol. The monoisotopic (exact) mass is 872 g/mol. The van der Waals surface area contributed by atoms with Gasteiger partial charge in [0.15, 0.2) is 5.58 Å². The van der Waals surface area contributed by atoms with Gasteiger partial charge in [-0.15, -0.1) is 0 Å². The zero-order valence-corrected chi connectivity index (χ0v) is 37.1. The van der Waals surface area contributed by atoms with Crippen LogP contribution >= 0.6 is 0 Å². The van der Waals surface area contributed by atoms with Crippen LogP contribution in [0.5, 0.6) is 0 Å². The van der Waals surface area contributed by atoms with Crippen LogP contribution in [0.15, 0.2) is 271 Å². The quantitative estimate of drug-likeness (QED) is 0.121. The van der Waals surface area contributed by atoms with E-state index in [1.807, 2.05) is 30.3 Å². The van der Waals surface area contributed by atoms with E-state index in [1.54, 1.807) is 0 Å². The van der Waals surface area contributed by atoms with Crippen molar-refractivity contribution in [1.82, 2.24) is 4.98 Å². The Morgan fingerprint density at radius 1 is 0.309 bits per heavy atom. The summed E-state index contributed by atoms with van der Waals surface area (Å²) in [5, 5.41) is 4.35. The maximum atomic E-state index is 6.65. The molecule has 1 heterocycles. The van der Waals surface area contributed by atoms with Crippen molar-refractivity contribution in [3.8, 4) is 22.6 Å². The van der Waals surface area contributed by atoms with Crippen LogP contribution in [-0.4, -0.2) is 4.98 Å². The normalized spacial score (nSPS) is 11.2. The van der Waals surface area contributed by atoms with Gasteiger partial charge in [0.1, 0.15) is 5.52 Å². The van der Waals surface area contributed by atoms with E-state index in [0.717, 1.165) is 101 Å². The zero-order chi connectivity index (χ0) is 45.2. The molecule has 0 spiro atoms. The third-order valence-electron chi connectivity index (χ3n) is 12.6. The number of aromatic nitrogens is 1. The summed E-state index contributed by atoms with van der Waals surface area (Å²) in [5.41, 5.74) is 14.2. The summed E-state index contributed by atoms with van der Waals surface area (Å²) in [6, 6.07) is 94.3. The Hall–Kier alpha value is -9.19. The maximum Gasteiger partial charge on any atom is 0.227 e. The van der Waals surface area contributed by atoms with Gasteiger partial charge in [-0.05, 0) is 131 Å². The van der Waals surface area contributed by atoms with Crippen LogP contribution in [-0.2, 0) is 0 Å². The van der Waals surface area contributed by atoms with Gasteiger partial charge in [0, 0.05) is 62.0 Å². The summed E-state index contributed by atoms with van der Waals surface area (Å²) in [5.74, 6) is 0.612. The Balaban J connectivity index is 1.04. The van der Waals surface area contributed by atoms with Crippen LogP contribution in [0.4, 0.5) is 51.2 Å². The fraction of sp³-hybridized carbons (Fsp3) is 0. The number of para-hydroxylation sites is 4. The largest absolute Gasteiger partial charge is 0.435 e. The summed E-state index contributed by atoms with van der Waals surface area (Å²) in [6.07, 6.45) is 0. The molecular formula is C63H44N4O. The van der Waals surface area contributed by atoms with Crippen LogP contribution in [0.2, 0.25) is 0 Å². The number of rotatable bonds is 11. The maximum absolute atomic E-state index is 6.65. The van der Waals surface area contributed by atoms with Crippen LogP contribution < -0.4 is 14.7 Å². The molecule has 1 aromatic heterocycles. The van der Waals surface area contributed by atoms with Crippen molar-refractivity contribution < 1.29 is 4.42 Å². The molecule has 0 saturated carbocycles. The van der Waals surface area contributed by atoms with E-state index in [1.165, 1.54) is 0 Å².